The lowest BCUT2D eigenvalue weighted by Gasteiger charge is -2.19. The van der Waals surface area contributed by atoms with Crippen molar-refractivity contribution in [2.24, 2.45) is 0 Å². The molecule has 0 radical (unpaired) electrons. The molecule has 2 heterocycles. The van der Waals surface area contributed by atoms with E-state index >= 15 is 0 Å². The van der Waals surface area contributed by atoms with Gasteiger partial charge in [0.2, 0.25) is 11.0 Å². The van der Waals surface area contributed by atoms with E-state index in [4.69, 9.17) is 4.74 Å². The van der Waals surface area contributed by atoms with E-state index in [1.807, 2.05) is 36.6 Å². The molecule has 0 saturated heterocycles. The van der Waals surface area contributed by atoms with Gasteiger partial charge in [0, 0.05) is 16.8 Å². The van der Waals surface area contributed by atoms with Gasteiger partial charge in [0.05, 0.1) is 0 Å². The van der Waals surface area contributed by atoms with Crippen molar-refractivity contribution in [2.45, 2.75) is 11.4 Å². The number of fused-ring (bicyclic) bond motifs is 3. The molecular formula is C17H14N4O2S. The molecule has 2 aromatic carbocycles. The minimum Gasteiger partial charge on any atom is -0.508 e. The fourth-order valence-corrected chi connectivity index (χ4v) is 2.87. The van der Waals surface area contributed by atoms with Crippen molar-refractivity contribution in [1.29, 1.82) is 0 Å². The number of nitrogens with zero attached hydrogens (tertiary/aromatic N) is 3. The first-order valence-corrected chi connectivity index (χ1v) is 8.57. The second-order valence-corrected chi connectivity index (χ2v) is 6.01. The van der Waals surface area contributed by atoms with E-state index in [-0.39, 0.29) is 5.75 Å². The van der Waals surface area contributed by atoms with Crippen LogP contribution < -0.4 is 10.1 Å². The molecule has 0 bridgehead atoms. The normalized spacial score (nSPS) is 15.5. The zero-order chi connectivity index (χ0) is 16.5. The van der Waals surface area contributed by atoms with Gasteiger partial charge in [-0.3, -0.25) is 0 Å². The lowest BCUT2D eigenvalue weighted by atomic mass is 10.1. The molecule has 4 rings (SSSR count). The molecule has 3 aromatic rings. The number of aromatic hydroxyl groups is 1. The van der Waals surface area contributed by atoms with Crippen molar-refractivity contribution in [2.75, 3.05) is 11.6 Å². The molecule has 1 aliphatic rings. The van der Waals surface area contributed by atoms with Gasteiger partial charge in [-0.05, 0) is 24.5 Å². The third-order valence-corrected chi connectivity index (χ3v) is 4.23. The molecule has 1 atom stereocenters. The summed E-state index contributed by atoms with van der Waals surface area (Å²) in [6, 6.07) is 14.7. The molecule has 1 aromatic heterocycles. The van der Waals surface area contributed by atoms with Crippen molar-refractivity contribution in [3.05, 3.63) is 54.1 Å². The number of nitrogens with one attached hydrogen (secondary N) is 1. The van der Waals surface area contributed by atoms with E-state index in [0.717, 1.165) is 16.8 Å². The van der Waals surface area contributed by atoms with Gasteiger partial charge >= 0.3 is 0 Å². The van der Waals surface area contributed by atoms with Gasteiger partial charge < -0.3 is 15.2 Å². The van der Waals surface area contributed by atoms with Gasteiger partial charge in [-0.25, -0.2) is 0 Å². The number of aromatic nitrogens is 3. The number of thioether (sulfide) groups is 1. The first kappa shape index (κ1) is 14.8. The van der Waals surface area contributed by atoms with Crippen LogP contribution in [-0.4, -0.2) is 26.5 Å². The van der Waals surface area contributed by atoms with Crippen LogP contribution in [0.4, 0.5) is 5.69 Å². The number of hydrogen-bond donors (Lipinski definition) is 2. The van der Waals surface area contributed by atoms with Crippen LogP contribution in [0.2, 0.25) is 0 Å². The Morgan fingerprint density at radius 1 is 1.12 bits per heavy atom. The molecule has 0 aliphatic carbocycles. The summed E-state index contributed by atoms with van der Waals surface area (Å²) in [6.07, 6.45) is 1.39. The Labute approximate surface area is 142 Å². The molecule has 1 unspecified atom stereocenters. The second-order valence-electron chi connectivity index (χ2n) is 5.24. The van der Waals surface area contributed by atoms with Crippen molar-refractivity contribution in [3.63, 3.8) is 0 Å². The Kier molecular flexibility index (Phi) is 3.70. The molecule has 2 N–H and O–H groups in total. The number of phenolic OH excluding ortho intramolecular Hbond substituents is 1. The van der Waals surface area contributed by atoms with E-state index in [0.29, 0.717) is 16.7 Å². The number of hydrogen-bond acceptors (Lipinski definition) is 7. The van der Waals surface area contributed by atoms with Gasteiger partial charge in [0.1, 0.15) is 5.75 Å². The van der Waals surface area contributed by atoms with Crippen LogP contribution >= 0.6 is 11.8 Å². The summed E-state index contributed by atoms with van der Waals surface area (Å²) in [4.78, 5) is 4.45. The topological polar surface area (TPSA) is 80.2 Å². The van der Waals surface area contributed by atoms with Crippen LogP contribution in [0.3, 0.4) is 0 Å². The molecule has 24 heavy (non-hydrogen) atoms. The molecule has 0 spiro atoms. The highest BCUT2D eigenvalue weighted by atomic mass is 32.2. The molecule has 1 aliphatic heterocycles. The van der Waals surface area contributed by atoms with Crippen molar-refractivity contribution < 1.29 is 9.84 Å². The van der Waals surface area contributed by atoms with Gasteiger partial charge in [-0.1, -0.05) is 42.1 Å². The van der Waals surface area contributed by atoms with Crippen LogP contribution in [0.25, 0.3) is 11.3 Å². The van der Waals surface area contributed by atoms with E-state index in [2.05, 4.69) is 20.5 Å². The van der Waals surface area contributed by atoms with Crippen LogP contribution in [0, 0.1) is 0 Å². The van der Waals surface area contributed by atoms with Crippen LogP contribution in [0.15, 0.2) is 53.7 Å². The highest BCUT2D eigenvalue weighted by molar-refractivity contribution is 7.98. The van der Waals surface area contributed by atoms with Crippen LogP contribution in [0.1, 0.15) is 11.8 Å². The average molecular weight is 338 g/mol. The summed E-state index contributed by atoms with van der Waals surface area (Å²) in [6.45, 7) is 0. The monoisotopic (exact) mass is 338 g/mol. The largest absolute Gasteiger partial charge is 0.508 e. The summed E-state index contributed by atoms with van der Waals surface area (Å²) in [7, 11) is 0. The lowest BCUT2D eigenvalue weighted by Crippen LogP contribution is -2.17. The highest BCUT2D eigenvalue weighted by Crippen LogP contribution is 2.39. The minimum atomic E-state index is -0.495. The van der Waals surface area contributed by atoms with Gasteiger partial charge in [0.15, 0.2) is 11.9 Å². The molecule has 0 amide bonds. The van der Waals surface area contributed by atoms with E-state index in [1.165, 1.54) is 11.8 Å². The number of ether oxygens (including phenoxy) is 1. The zero-order valence-corrected chi connectivity index (χ0v) is 13.6. The van der Waals surface area contributed by atoms with E-state index < -0.39 is 6.23 Å². The van der Waals surface area contributed by atoms with Crippen molar-refractivity contribution in [1.82, 2.24) is 15.2 Å². The smallest absolute Gasteiger partial charge is 0.247 e. The second kappa shape index (κ2) is 6.01. The summed E-state index contributed by atoms with van der Waals surface area (Å²) in [5, 5.41) is 22.1. The molecular weight excluding hydrogens is 324 g/mol. The van der Waals surface area contributed by atoms with Crippen LogP contribution in [0.5, 0.6) is 11.6 Å². The number of para-hydroxylation sites is 1. The maximum Gasteiger partial charge on any atom is 0.247 e. The first-order chi connectivity index (χ1) is 11.7. The van der Waals surface area contributed by atoms with E-state index in [1.54, 1.807) is 18.2 Å². The van der Waals surface area contributed by atoms with Gasteiger partial charge in [-0.2, -0.15) is 4.98 Å². The molecule has 0 fully saturated rings. The summed E-state index contributed by atoms with van der Waals surface area (Å²) >= 11 is 1.40. The Hall–Kier alpha value is -2.80. The maximum atomic E-state index is 9.76. The minimum absolute atomic E-state index is 0.182. The first-order valence-electron chi connectivity index (χ1n) is 7.35. The highest BCUT2D eigenvalue weighted by Gasteiger charge is 2.25. The fourth-order valence-electron chi connectivity index (χ4n) is 2.57. The van der Waals surface area contributed by atoms with E-state index in [9.17, 15) is 5.11 Å². The van der Waals surface area contributed by atoms with Crippen molar-refractivity contribution in [3.8, 4) is 22.9 Å². The van der Waals surface area contributed by atoms with Gasteiger partial charge in [0.25, 0.3) is 0 Å². The Balaban J connectivity index is 1.87. The Morgan fingerprint density at radius 2 is 2.00 bits per heavy atom. The average Bonchev–Trinajstić information content (AvgIpc) is 2.78. The third kappa shape index (κ3) is 2.63. The SMILES string of the molecule is CSc1nnc2c(n1)OC(c1cccc(O)c1)Nc1ccccc1-2. The van der Waals surface area contributed by atoms with Crippen LogP contribution in [-0.2, 0) is 0 Å². The Bertz CT molecular complexity index is 903. The predicted octanol–water partition coefficient (Wildman–Crippen LogP) is 3.47. The number of anilines is 1. The molecule has 6 nitrogen and oxygen atoms in total. The van der Waals surface area contributed by atoms with Gasteiger partial charge in [-0.15, -0.1) is 10.2 Å². The summed E-state index contributed by atoms with van der Waals surface area (Å²) in [5.74, 6) is 0.599. The standard InChI is InChI=1S/C17H14N4O2S/c1-24-17-19-16-14(20-21-17)12-7-2-3-8-13(12)18-15(23-16)10-5-4-6-11(22)9-10/h2-9,15,18,22H,1H3. The third-order valence-electron chi connectivity index (χ3n) is 3.69. The predicted molar refractivity (Wildman–Crippen MR) is 92.1 cm³/mol. The number of benzene rings is 2. The number of phenols is 1. The summed E-state index contributed by atoms with van der Waals surface area (Å²) in [5.41, 5.74) is 3.14. The van der Waals surface area contributed by atoms with Crippen molar-refractivity contribution >= 4 is 17.4 Å². The molecule has 7 heteroatoms. The fraction of sp³-hybridized carbons (Fsp3) is 0.118. The quantitative estimate of drug-likeness (QED) is 0.693. The lowest BCUT2D eigenvalue weighted by molar-refractivity contribution is 0.225. The maximum absolute atomic E-state index is 9.76. The summed E-state index contributed by atoms with van der Waals surface area (Å²) < 4.78 is 6.07. The Morgan fingerprint density at radius 3 is 2.83 bits per heavy atom. The number of rotatable bonds is 2. The zero-order valence-electron chi connectivity index (χ0n) is 12.8. The molecule has 0 saturated carbocycles. The molecule has 120 valence electrons.